The number of hydrogen-bond acceptors (Lipinski definition) is 6. The third-order valence-electron chi connectivity index (χ3n) is 5.51. The van der Waals surface area contributed by atoms with E-state index in [1.54, 1.807) is 17.4 Å². The molecule has 0 bridgehead atoms. The maximum atomic E-state index is 11.4. The second kappa shape index (κ2) is 10.8. The third-order valence-corrected chi connectivity index (χ3v) is 7.91. The molecule has 1 heterocycles. The Morgan fingerprint density at radius 2 is 1.87 bits per heavy atom. The van der Waals surface area contributed by atoms with Crippen LogP contribution in [0, 0.1) is 0 Å². The lowest BCUT2D eigenvalue weighted by atomic mass is 9.96. The lowest BCUT2D eigenvalue weighted by Gasteiger charge is -2.41. The fourth-order valence-corrected chi connectivity index (χ4v) is 5.94. The van der Waals surface area contributed by atoms with Gasteiger partial charge in [0.15, 0.2) is 0 Å². The van der Waals surface area contributed by atoms with E-state index >= 15 is 0 Å². The molecule has 31 heavy (non-hydrogen) atoms. The smallest absolute Gasteiger partial charge is 0.305 e. The molecule has 0 aliphatic carbocycles. The monoisotopic (exact) mass is 510 g/mol. The number of unbranched alkanes of at least 4 members (excludes halogenated alkanes) is 3. The summed E-state index contributed by atoms with van der Waals surface area (Å²) in [5.74, 6) is -0.124. The fraction of sp³-hybridized carbons (Fsp3) is 0.435. The Morgan fingerprint density at radius 1 is 1.13 bits per heavy atom. The summed E-state index contributed by atoms with van der Waals surface area (Å²) < 4.78 is 29.6. The predicted octanol–water partition coefficient (Wildman–Crippen LogP) is 6.12. The van der Waals surface area contributed by atoms with E-state index in [-0.39, 0.29) is 12.0 Å². The number of hydrogen-bond donors (Lipinski definition) is 3. The molecule has 0 amide bonds. The van der Waals surface area contributed by atoms with Crippen LogP contribution in [0.15, 0.2) is 51.8 Å². The zero-order chi connectivity index (χ0) is 22.4. The van der Waals surface area contributed by atoms with E-state index < -0.39 is 10.8 Å². The van der Waals surface area contributed by atoms with Gasteiger partial charge in [-0.05, 0) is 55.6 Å². The van der Waals surface area contributed by atoms with E-state index in [0.29, 0.717) is 17.9 Å². The molecule has 0 radical (unpaired) electrons. The Labute approximate surface area is 194 Å². The Morgan fingerprint density at radius 3 is 2.65 bits per heavy atom. The minimum absolute atomic E-state index is 0.124. The highest BCUT2D eigenvalue weighted by Gasteiger charge is 2.35. The standard InChI is InChI=1S/C23H31BrN2O4S/c1-3-30-22(27)12-6-4-5-9-15-25-23-18-10-7-8-11-20(18)26(2)31(28,29)21-16-17(24)13-14-19(21)23/h7-8,10-11,13-14,16,23,25,28-29H,3-6,9,12,15H2,1-2H3. The number of nitrogens with one attached hydrogen (secondary N) is 1. The van der Waals surface area contributed by atoms with Crippen LogP contribution in [0.2, 0.25) is 0 Å². The third kappa shape index (κ3) is 5.62. The largest absolute Gasteiger partial charge is 0.466 e. The van der Waals surface area contributed by atoms with Gasteiger partial charge in [-0.1, -0.05) is 63.8 Å². The van der Waals surface area contributed by atoms with Gasteiger partial charge in [-0.3, -0.25) is 18.2 Å². The summed E-state index contributed by atoms with van der Waals surface area (Å²) in [6, 6.07) is 13.4. The van der Waals surface area contributed by atoms with E-state index in [2.05, 4.69) is 21.2 Å². The summed E-state index contributed by atoms with van der Waals surface area (Å²) >= 11 is 3.47. The summed E-state index contributed by atoms with van der Waals surface area (Å²) in [5, 5.41) is 3.63. The molecule has 0 spiro atoms. The maximum Gasteiger partial charge on any atom is 0.305 e. The molecule has 170 valence electrons. The highest BCUT2D eigenvalue weighted by atomic mass is 79.9. The van der Waals surface area contributed by atoms with Gasteiger partial charge in [0.1, 0.15) is 0 Å². The molecule has 3 N–H and O–H groups in total. The number of esters is 1. The number of halogens is 1. The van der Waals surface area contributed by atoms with Crippen molar-refractivity contribution >= 4 is 38.4 Å². The van der Waals surface area contributed by atoms with E-state index in [1.165, 1.54) is 0 Å². The van der Waals surface area contributed by atoms with Gasteiger partial charge in [0.05, 0.1) is 23.2 Å². The van der Waals surface area contributed by atoms with Crippen LogP contribution in [0.4, 0.5) is 5.69 Å². The van der Waals surface area contributed by atoms with Crippen LogP contribution in [0.5, 0.6) is 0 Å². The number of rotatable bonds is 9. The van der Waals surface area contributed by atoms with Crippen LogP contribution >= 0.6 is 26.7 Å². The molecule has 0 saturated heterocycles. The fourth-order valence-electron chi connectivity index (χ4n) is 3.90. The van der Waals surface area contributed by atoms with Crippen LogP contribution < -0.4 is 9.62 Å². The van der Waals surface area contributed by atoms with Gasteiger partial charge in [-0.2, -0.15) is 0 Å². The van der Waals surface area contributed by atoms with Crippen molar-refractivity contribution in [3.63, 3.8) is 0 Å². The molecule has 1 unspecified atom stereocenters. The maximum absolute atomic E-state index is 11.4. The second-order valence-corrected chi connectivity index (χ2v) is 10.6. The van der Waals surface area contributed by atoms with E-state index in [0.717, 1.165) is 53.5 Å². The van der Waals surface area contributed by atoms with Crippen molar-refractivity contribution in [3.05, 3.63) is 58.1 Å². The Hall–Kier alpha value is -1.58. The van der Waals surface area contributed by atoms with Crippen molar-refractivity contribution in [2.75, 3.05) is 24.5 Å². The minimum Gasteiger partial charge on any atom is -0.466 e. The minimum atomic E-state index is -3.16. The molecule has 8 heteroatoms. The molecular formula is C23H31BrN2O4S. The summed E-state index contributed by atoms with van der Waals surface area (Å²) in [4.78, 5) is 12.0. The number of benzene rings is 2. The lowest BCUT2D eigenvalue weighted by Crippen LogP contribution is -2.24. The SMILES string of the molecule is CCOC(=O)CCCCCCNC1c2ccccc2N(C)S(O)(O)c2cc(Br)ccc21. The summed E-state index contributed by atoms with van der Waals surface area (Å²) in [6.45, 7) is 3.04. The van der Waals surface area contributed by atoms with E-state index in [4.69, 9.17) is 4.74 Å². The summed E-state index contributed by atoms with van der Waals surface area (Å²) in [5.41, 5.74) is 2.71. The Kier molecular flexibility index (Phi) is 8.41. The first-order valence-electron chi connectivity index (χ1n) is 10.7. The lowest BCUT2D eigenvalue weighted by molar-refractivity contribution is -0.143. The number of ether oxygens (including phenoxy) is 1. The van der Waals surface area contributed by atoms with Crippen molar-refractivity contribution in [1.29, 1.82) is 0 Å². The number of fused-ring (bicyclic) bond motifs is 2. The van der Waals surface area contributed by atoms with Gasteiger partial charge >= 0.3 is 5.97 Å². The average Bonchev–Trinajstić information content (AvgIpc) is 2.81. The van der Waals surface area contributed by atoms with Crippen LogP contribution in [-0.2, 0) is 9.53 Å². The van der Waals surface area contributed by atoms with Gasteiger partial charge in [-0.25, -0.2) is 0 Å². The van der Waals surface area contributed by atoms with Crippen LogP contribution in [0.3, 0.4) is 0 Å². The molecule has 2 aromatic carbocycles. The normalized spacial score (nSPS) is 18.0. The molecule has 3 rings (SSSR count). The summed E-state index contributed by atoms with van der Waals surface area (Å²) in [7, 11) is -1.44. The molecular weight excluding hydrogens is 480 g/mol. The second-order valence-electron chi connectivity index (χ2n) is 7.61. The van der Waals surface area contributed by atoms with Crippen molar-refractivity contribution in [1.82, 2.24) is 5.32 Å². The Bertz CT molecular complexity index is 909. The average molecular weight is 511 g/mol. The Balaban J connectivity index is 1.71. The molecule has 6 nitrogen and oxygen atoms in total. The zero-order valence-corrected chi connectivity index (χ0v) is 20.4. The number of carbonyl (C=O) groups excluding carboxylic acids is 1. The first-order valence-corrected chi connectivity index (χ1v) is 13.0. The van der Waals surface area contributed by atoms with Crippen LogP contribution in [0.25, 0.3) is 0 Å². The highest BCUT2D eigenvalue weighted by Crippen LogP contribution is 2.59. The van der Waals surface area contributed by atoms with Gasteiger partial charge in [0.2, 0.25) is 0 Å². The predicted molar refractivity (Wildman–Crippen MR) is 130 cm³/mol. The van der Waals surface area contributed by atoms with Crippen molar-refractivity contribution in [2.45, 2.75) is 50.0 Å². The molecule has 0 aromatic heterocycles. The first-order chi connectivity index (χ1) is 14.9. The highest BCUT2D eigenvalue weighted by molar-refractivity contribution is 9.10. The first kappa shape index (κ1) is 24.1. The van der Waals surface area contributed by atoms with E-state index in [1.807, 2.05) is 43.3 Å². The van der Waals surface area contributed by atoms with Crippen molar-refractivity contribution in [2.24, 2.45) is 0 Å². The van der Waals surface area contributed by atoms with Crippen molar-refractivity contribution in [3.8, 4) is 0 Å². The number of para-hydroxylation sites is 1. The van der Waals surface area contributed by atoms with Crippen molar-refractivity contribution < 1.29 is 18.6 Å². The van der Waals surface area contributed by atoms with E-state index in [9.17, 15) is 13.9 Å². The molecule has 1 atom stereocenters. The van der Waals surface area contributed by atoms with Gasteiger partial charge in [-0.15, -0.1) is 0 Å². The topological polar surface area (TPSA) is 82.0 Å². The molecule has 0 saturated carbocycles. The molecule has 2 aromatic rings. The van der Waals surface area contributed by atoms with Gasteiger partial charge in [0.25, 0.3) is 0 Å². The quantitative estimate of drug-likeness (QED) is 0.278. The van der Waals surface area contributed by atoms with Crippen LogP contribution in [-0.4, -0.2) is 35.3 Å². The zero-order valence-electron chi connectivity index (χ0n) is 18.0. The van der Waals surface area contributed by atoms with Gasteiger partial charge < -0.3 is 10.1 Å². The summed E-state index contributed by atoms with van der Waals surface area (Å²) in [6.07, 6.45) is 4.29. The molecule has 1 aliphatic rings. The van der Waals surface area contributed by atoms with Gasteiger partial charge in [0, 0.05) is 17.9 Å². The molecule has 1 aliphatic heterocycles. The number of nitrogens with zero attached hydrogens (tertiary/aromatic N) is 1. The number of carbonyl (C=O) groups is 1. The van der Waals surface area contributed by atoms with Crippen LogP contribution in [0.1, 0.15) is 56.2 Å². The number of anilines is 1. The molecule has 0 fully saturated rings.